The van der Waals surface area contributed by atoms with Gasteiger partial charge in [-0.25, -0.2) is 4.79 Å². The molecule has 0 amide bonds. The molecule has 2 saturated heterocycles. The Labute approximate surface area is 426 Å². The highest BCUT2D eigenvalue weighted by Crippen LogP contribution is 2.77. The summed E-state index contributed by atoms with van der Waals surface area (Å²) in [6.45, 7) is 17.6. The Morgan fingerprint density at radius 3 is 1.90 bits per heavy atom. The summed E-state index contributed by atoms with van der Waals surface area (Å²) in [4.78, 5) is 66.5. The zero-order valence-electron chi connectivity index (χ0n) is 43.9. The van der Waals surface area contributed by atoms with Gasteiger partial charge in [0.25, 0.3) is 0 Å². The van der Waals surface area contributed by atoms with Crippen LogP contribution in [-0.2, 0) is 61.9 Å². The van der Waals surface area contributed by atoms with Crippen LogP contribution < -0.4 is 0 Å². The predicted octanol–water partition coefficient (Wildman–Crippen LogP) is 1.69. The van der Waals surface area contributed by atoms with E-state index in [0.717, 1.165) is 5.57 Å². The lowest BCUT2D eigenvalue weighted by molar-refractivity contribution is -0.358. The van der Waals surface area contributed by atoms with E-state index in [2.05, 4.69) is 19.9 Å². The smallest absolute Gasteiger partial charge is 0.335 e. The number of rotatable bonds is 13. The lowest BCUT2D eigenvalue weighted by Gasteiger charge is -2.73. The van der Waals surface area contributed by atoms with E-state index >= 15 is 0 Å². The van der Waals surface area contributed by atoms with E-state index in [9.17, 15) is 64.8 Å². The summed E-state index contributed by atoms with van der Waals surface area (Å²) in [5.74, 6) is -6.13. The van der Waals surface area contributed by atoms with E-state index in [-0.39, 0.29) is 24.7 Å². The van der Waals surface area contributed by atoms with Gasteiger partial charge in [0.1, 0.15) is 48.8 Å². The fourth-order valence-electron chi connectivity index (χ4n) is 15.3. The first-order chi connectivity index (χ1) is 34.0. The first-order valence-electron chi connectivity index (χ1n) is 25.8. The number of carbonyl (C=O) groups excluding carboxylic acids is 4. The van der Waals surface area contributed by atoms with Crippen molar-refractivity contribution in [3.63, 3.8) is 0 Å². The van der Waals surface area contributed by atoms with Crippen molar-refractivity contribution in [1.82, 2.24) is 0 Å². The minimum Gasteiger partial charge on any atom is -0.479 e. The van der Waals surface area contributed by atoms with Gasteiger partial charge < -0.3 is 78.7 Å². The number of hydrogen-bond acceptors (Lipinski definition) is 20. The van der Waals surface area contributed by atoms with Crippen LogP contribution in [0.3, 0.4) is 0 Å². The minimum atomic E-state index is -2.01. The molecular weight excluding hydrogens is 961 g/mol. The molecule has 0 aromatic carbocycles. The van der Waals surface area contributed by atoms with Gasteiger partial charge in [-0.1, -0.05) is 67.0 Å². The van der Waals surface area contributed by atoms with E-state index in [0.29, 0.717) is 32.1 Å². The molecule has 23 atom stereocenters. The molecule has 5 aliphatic carbocycles. The number of ether oxygens (including phenoxy) is 8. The average molecular weight is 1040 g/mol. The van der Waals surface area contributed by atoms with E-state index in [1.807, 2.05) is 34.6 Å². The molecule has 8 N–H and O–H groups in total. The van der Waals surface area contributed by atoms with Gasteiger partial charge in [0.05, 0.1) is 37.3 Å². The molecule has 4 saturated carbocycles. The highest BCUT2D eigenvalue weighted by Gasteiger charge is 2.78. The Bertz CT molecular complexity index is 2130. The van der Waals surface area contributed by atoms with Crippen molar-refractivity contribution in [2.24, 2.45) is 56.2 Å². The summed E-state index contributed by atoms with van der Waals surface area (Å²) in [6, 6.07) is 0. The Morgan fingerprint density at radius 2 is 1.33 bits per heavy atom. The Morgan fingerprint density at radius 1 is 0.726 bits per heavy atom. The van der Waals surface area contributed by atoms with Crippen molar-refractivity contribution < 1.29 is 103 Å². The van der Waals surface area contributed by atoms with E-state index in [4.69, 9.17) is 37.9 Å². The molecule has 21 nitrogen and oxygen atoms in total. The van der Waals surface area contributed by atoms with Gasteiger partial charge in [-0.3, -0.25) is 19.2 Å². The lowest BCUT2D eigenvalue weighted by Crippen LogP contribution is -2.77. The zero-order valence-corrected chi connectivity index (χ0v) is 43.9. The monoisotopic (exact) mass is 1040 g/mol. The first kappa shape index (κ1) is 57.4. The third-order valence-corrected chi connectivity index (χ3v) is 19.4. The van der Waals surface area contributed by atoms with E-state index in [1.54, 1.807) is 6.92 Å². The molecule has 0 aromatic heterocycles. The molecule has 7 rings (SSSR count). The molecule has 0 radical (unpaired) electrons. The lowest BCUT2D eigenvalue weighted by atomic mass is 9.32. The Kier molecular flexibility index (Phi) is 16.1. The normalized spacial score (nSPS) is 47.4. The number of aliphatic hydroxyl groups excluding tert-OH is 7. The summed E-state index contributed by atoms with van der Waals surface area (Å²) < 4.78 is 48.7. The number of aliphatic hydroxyl groups is 7. The Balaban J connectivity index is 1.29. The van der Waals surface area contributed by atoms with Crippen LogP contribution >= 0.6 is 0 Å². The highest BCUT2D eigenvalue weighted by molar-refractivity contribution is 5.74. The molecule has 73 heavy (non-hydrogen) atoms. The molecule has 0 aromatic rings. The number of carboxylic acid groups (broad SMARTS) is 1. The summed E-state index contributed by atoms with van der Waals surface area (Å²) in [5, 5.41) is 87.4. The molecule has 6 fully saturated rings. The maximum atomic E-state index is 14.0. The van der Waals surface area contributed by atoms with Crippen molar-refractivity contribution in [3.8, 4) is 0 Å². The molecule has 7 aliphatic rings. The van der Waals surface area contributed by atoms with Gasteiger partial charge in [-0.15, -0.1) is 0 Å². The number of esters is 4. The molecule has 5 unspecified atom stereocenters. The molecule has 414 valence electrons. The molecule has 2 heterocycles. The summed E-state index contributed by atoms with van der Waals surface area (Å²) in [7, 11) is 0. The maximum Gasteiger partial charge on any atom is 0.335 e. The topological polar surface area (TPSA) is 321 Å². The van der Waals surface area contributed by atoms with Crippen molar-refractivity contribution >= 4 is 29.8 Å². The summed E-state index contributed by atoms with van der Waals surface area (Å²) in [6.07, 6.45) is -17.3. The SMILES string of the molecule is CCC(C)C(=O)O[C@H]1[C@H](OC(C)=O)C(C)(C)CC2C3=CCC4[C@@]5(C)CCC(O[C@@H]6O[C@H](C(=O)O)[C@@H](O)[C@H](O[C@@H]7OC[C@H](O)[C@H](O)[C@H]7O)[C@H]6O)[C@@](C)(CO)C5CC[C@@]4(C)[C@]3(C)[C@@H](OC(C)=O)[C@@H](OC(C)=O)[C@]21CO. The molecule has 2 aliphatic heterocycles. The van der Waals surface area contributed by atoms with Gasteiger partial charge in [0.2, 0.25) is 0 Å². The zero-order chi connectivity index (χ0) is 54.3. The second kappa shape index (κ2) is 20.5. The molecular formula is C52H80O21. The number of carbonyl (C=O) groups is 5. The van der Waals surface area contributed by atoms with Gasteiger partial charge in [0.15, 0.2) is 30.9 Å². The maximum absolute atomic E-state index is 14.0. The van der Waals surface area contributed by atoms with Crippen molar-refractivity contribution in [2.45, 2.75) is 207 Å². The van der Waals surface area contributed by atoms with Gasteiger partial charge >= 0.3 is 29.8 Å². The second-order valence-electron chi connectivity index (χ2n) is 23.9. The quantitative estimate of drug-likeness (QED) is 0.0563. The first-order valence-corrected chi connectivity index (χ1v) is 25.8. The standard InChI is InChI=1S/C52H80O21/c1-12-23(2)44(65)73-41-39(67-24(3)55)47(6,7)19-28-27-13-14-31-48(8)17-16-32(70-46-36(62)37(35(61)38(72-46)43(63)64)71-45-34(60)33(59)29(58)20-66-45)49(9,21-53)30(48)15-18-50(31,10)51(27,11)40(68-25(4)56)42(69-26(5)57)52(28,41)22-54/h13,23,28-42,45-46,53-54,58-62H,12,14-22H2,1-11H3,(H,63,64)/t23?,28?,29-,30?,31?,32?,33-,34+,35-,36+,37-,38-,39-,40-,41-,42+,45-,46+,48-,49-,50+,51-,52+/m0/s1. The van der Waals surface area contributed by atoms with Crippen LogP contribution in [0, 0.1) is 56.2 Å². The third kappa shape index (κ3) is 9.14. The van der Waals surface area contributed by atoms with E-state index < -0.39 is 180 Å². The number of hydrogen-bond donors (Lipinski definition) is 8. The van der Waals surface area contributed by atoms with Gasteiger partial charge in [-0.05, 0) is 73.5 Å². The van der Waals surface area contributed by atoms with Crippen molar-refractivity contribution in [1.29, 1.82) is 0 Å². The number of fused-ring (bicyclic) bond motifs is 7. The van der Waals surface area contributed by atoms with Gasteiger partial charge in [0, 0.05) is 37.0 Å². The third-order valence-electron chi connectivity index (χ3n) is 19.4. The highest BCUT2D eigenvalue weighted by atomic mass is 16.7. The molecule has 0 spiro atoms. The fraction of sp³-hybridized carbons (Fsp3) is 0.865. The van der Waals surface area contributed by atoms with E-state index in [1.165, 1.54) is 20.8 Å². The summed E-state index contributed by atoms with van der Waals surface area (Å²) in [5.41, 5.74) is -5.37. The average Bonchev–Trinajstić information content (AvgIpc) is 3.31. The number of carboxylic acids is 1. The summed E-state index contributed by atoms with van der Waals surface area (Å²) >= 11 is 0. The second-order valence-corrected chi connectivity index (χ2v) is 23.9. The van der Waals surface area contributed by atoms with Crippen LogP contribution in [0.2, 0.25) is 0 Å². The van der Waals surface area contributed by atoms with Gasteiger partial charge in [-0.2, -0.15) is 0 Å². The largest absolute Gasteiger partial charge is 0.479 e. The van der Waals surface area contributed by atoms with Crippen LogP contribution in [0.1, 0.15) is 121 Å². The fourth-order valence-corrected chi connectivity index (χ4v) is 15.3. The number of allylic oxidation sites excluding steroid dienone is 1. The molecule has 0 bridgehead atoms. The number of aliphatic carboxylic acids is 1. The van der Waals surface area contributed by atoms with Crippen molar-refractivity contribution in [2.75, 3.05) is 19.8 Å². The predicted molar refractivity (Wildman–Crippen MR) is 251 cm³/mol. The molecule has 21 heteroatoms. The van der Waals surface area contributed by atoms with Crippen molar-refractivity contribution in [3.05, 3.63) is 11.6 Å². The van der Waals surface area contributed by atoms with Crippen LogP contribution in [0.25, 0.3) is 0 Å². The van der Waals surface area contributed by atoms with Crippen LogP contribution in [-0.4, -0.2) is 176 Å². The van der Waals surface area contributed by atoms with Crippen LogP contribution in [0.4, 0.5) is 0 Å². The van der Waals surface area contributed by atoms with Crippen LogP contribution in [0.15, 0.2) is 11.6 Å². The minimum absolute atomic E-state index is 0.224. The van der Waals surface area contributed by atoms with Crippen LogP contribution in [0.5, 0.6) is 0 Å². The Hall–Kier alpha value is -3.35.